The second kappa shape index (κ2) is 5.87. The van der Waals surface area contributed by atoms with Crippen molar-refractivity contribution in [3.63, 3.8) is 0 Å². The van der Waals surface area contributed by atoms with Crippen LogP contribution in [-0.2, 0) is 5.41 Å². The molecule has 0 spiro atoms. The average Bonchev–Trinajstić information content (AvgIpc) is 2.70. The summed E-state index contributed by atoms with van der Waals surface area (Å²) in [5.41, 5.74) is 1.57. The van der Waals surface area contributed by atoms with Gasteiger partial charge in [-0.2, -0.15) is 0 Å². The third kappa shape index (κ3) is 3.70. The minimum atomic E-state index is -0.399. The van der Waals surface area contributed by atoms with Crippen LogP contribution < -0.4 is 5.32 Å². The summed E-state index contributed by atoms with van der Waals surface area (Å²) in [6, 6.07) is 6.67. The molecule has 0 aliphatic heterocycles. The van der Waals surface area contributed by atoms with Crippen molar-refractivity contribution >= 4 is 46.1 Å². The van der Waals surface area contributed by atoms with Crippen molar-refractivity contribution in [2.24, 2.45) is 0 Å². The number of halogens is 2. The molecule has 0 saturated heterocycles. The molecule has 2 aromatic rings. The van der Waals surface area contributed by atoms with Gasteiger partial charge in [-0.1, -0.05) is 50.0 Å². The lowest BCUT2D eigenvalue weighted by Gasteiger charge is -2.20. The van der Waals surface area contributed by atoms with E-state index in [1.165, 1.54) is 6.07 Å². The SMILES string of the molecule is CC(C)(C)c1ccc(O)c(NC(=O)c2cc(Cl)sc2Cl)c1. The van der Waals surface area contributed by atoms with Crippen molar-refractivity contribution in [1.82, 2.24) is 0 Å². The Morgan fingerprint density at radius 1 is 1.24 bits per heavy atom. The van der Waals surface area contributed by atoms with E-state index in [0.717, 1.165) is 16.9 Å². The molecule has 0 fully saturated rings. The topological polar surface area (TPSA) is 49.3 Å². The van der Waals surface area contributed by atoms with Crippen molar-refractivity contribution in [3.05, 3.63) is 44.1 Å². The smallest absolute Gasteiger partial charge is 0.258 e. The highest BCUT2D eigenvalue weighted by atomic mass is 35.5. The standard InChI is InChI=1S/C15H15Cl2NO2S/c1-15(2,3)8-4-5-11(19)10(6-8)18-14(20)9-7-12(16)21-13(9)17/h4-7,19H,1-3H3,(H,18,20). The van der Waals surface area contributed by atoms with Crippen LogP contribution in [0.25, 0.3) is 0 Å². The molecule has 1 aromatic heterocycles. The largest absolute Gasteiger partial charge is 0.506 e. The molecule has 1 aromatic carbocycles. The van der Waals surface area contributed by atoms with Crippen molar-refractivity contribution in [1.29, 1.82) is 0 Å². The molecule has 0 atom stereocenters. The molecule has 0 unspecified atom stereocenters. The van der Waals surface area contributed by atoms with Crippen LogP contribution in [0.1, 0.15) is 36.7 Å². The first kappa shape index (κ1) is 16.1. The first-order valence-electron chi connectivity index (χ1n) is 6.28. The van der Waals surface area contributed by atoms with Gasteiger partial charge in [0.1, 0.15) is 10.1 Å². The molecule has 1 heterocycles. The van der Waals surface area contributed by atoms with Gasteiger partial charge in [-0.25, -0.2) is 0 Å². The summed E-state index contributed by atoms with van der Waals surface area (Å²) in [6.45, 7) is 6.17. The average molecular weight is 344 g/mol. The van der Waals surface area contributed by atoms with E-state index in [1.807, 2.05) is 6.07 Å². The summed E-state index contributed by atoms with van der Waals surface area (Å²) < 4.78 is 0.766. The summed E-state index contributed by atoms with van der Waals surface area (Å²) in [4.78, 5) is 12.2. The zero-order chi connectivity index (χ0) is 15.8. The fraction of sp³-hybridized carbons (Fsp3) is 0.267. The van der Waals surface area contributed by atoms with Gasteiger partial charge in [-0.05, 0) is 29.2 Å². The minimum absolute atomic E-state index is 0.00815. The van der Waals surface area contributed by atoms with Crippen LogP contribution in [0.3, 0.4) is 0 Å². The van der Waals surface area contributed by atoms with Crippen LogP contribution in [0.4, 0.5) is 5.69 Å². The molecule has 0 radical (unpaired) electrons. The number of phenols is 1. The zero-order valence-corrected chi connectivity index (χ0v) is 14.2. The van der Waals surface area contributed by atoms with E-state index in [9.17, 15) is 9.90 Å². The molecular weight excluding hydrogens is 329 g/mol. The second-order valence-corrected chi connectivity index (χ2v) is 7.96. The summed E-state index contributed by atoms with van der Waals surface area (Å²) in [6.07, 6.45) is 0. The Morgan fingerprint density at radius 2 is 1.90 bits per heavy atom. The Bertz CT molecular complexity index is 689. The van der Waals surface area contributed by atoms with Gasteiger partial charge in [0.25, 0.3) is 5.91 Å². The van der Waals surface area contributed by atoms with Crippen molar-refractivity contribution < 1.29 is 9.90 Å². The van der Waals surface area contributed by atoms with Crippen LogP contribution in [0.15, 0.2) is 24.3 Å². The molecule has 1 amide bonds. The monoisotopic (exact) mass is 343 g/mol. The molecule has 2 rings (SSSR count). The van der Waals surface area contributed by atoms with E-state index >= 15 is 0 Å². The number of hydrogen-bond donors (Lipinski definition) is 2. The molecule has 112 valence electrons. The summed E-state index contributed by atoms with van der Waals surface area (Å²) >= 11 is 12.9. The van der Waals surface area contributed by atoms with Gasteiger partial charge < -0.3 is 10.4 Å². The van der Waals surface area contributed by atoms with Gasteiger partial charge in [0.15, 0.2) is 0 Å². The number of carbonyl (C=O) groups excluding carboxylic acids is 1. The molecule has 0 aliphatic rings. The van der Waals surface area contributed by atoms with E-state index in [2.05, 4.69) is 26.1 Å². The van der Waals surface area contributed by atoms with E-state index in [0.29, 0.717) is 19.9 Å². The number of benzene rings is 1. The molecule has 21 heavy (non-hydrogen) atoms. The minimum Gasteiger partial charge on any atom is -0.506 e. The number of amides is 1. The summed E-state index contributed by atoms with van der Waals surface area (Å²) in [5.74, 6) is -0.390. The Kier molecular flexibility index (Phi) is 4.51. The highest BCUT2D eigenvalue weighted by Crippen LogP contribution is 2.34. The predicted octanol–water partition coefficient (Wildman–Crippen LogP) is 5.31. The number of carbonyl (C=O) groups is 1. The number of anilines is 1. The lowest BCUT2D eigenvalue weighted by molar-refractivity contribution is 0.102. The molecule has 6 heteroatoms. The lowest BCUT2D eigenvalue weighted by Crippen LogP contribution is -2.14. The third-order valence-corrected chi connectivity index (χ3v) is 4.50. The van der Waals surface area contributed by atoms with Gasteiger partial charge in [-0.15, -0.1) is 11.3 Å². The Labute approximate surface area is 137 Å². The Morgan fingerprint density at radius 3 is 2.43 bits per heavy atom. The molecule has 0 saturated carbocycles. The number of hydrogen-bond acceptors (Lipinski definition) is 3. The first-order chi connectivity index (χ1) is 9.68. The quantitative estimate of drug-likeness (QED) is 0.725. The fourth-order valence-corrected chi connectivity index (χ4v) is 3.25. The Hall–Kier alpha value is -1.23. The number of phenolic OH excluding ortho intramolecular Hbond substituents is 1. The van der Waals surface area contributed by atoms with Gasteiger partial charge in [0, 0.05) is 0 Å². The van der Waals surface area contributed by atoms with E-state index in [4.69, 9.17) is 23.2 Å². The highest BCUT2D eigenvalue weighted by molar-refractivity contribution is 7.20. The molecular formula is C15H15Cl2NO2S. The maximum absolute atomic E-state index is 12.2. The molecule has 0 bridgehead atoms. The van der Waals surface area contributed by atoms with Gasteiger partial charge in [0.2, 0.25) is 0 Å². The maximum atomic E-state index is 12.2. The fourth-order valence-electron chi connectivity index (χ4n) is 1.79. The summed E-state index contributed by atoms with van der Waals surface area (Å²) in [7, 11) is 0. The molecule has 0 aliphatic carbocycles. The van der Waals surface area contributed by atoms with Crippen LogP contribution >= 0.6 is 34.5 Å². The van der Waals surface area contributed by atoms with Crippen LogP contribution in [-0.4, -0.2) is 11.0 Å². The van der Waals surface area contributed by atoms with Crippen molar-refractivity contribution in [2.75, 3.05) is 5.32 Å². The van der Waals surface area contributed by atoms with Crippen LogP contribution in [0.5, 0.6) is 5.75 Å². The Balaban J connectivity index is 2.31. The second-order valence-electron chi connectivity index (χ2n) is 5.67. The summed E-state index contributed by atoms with van der Waals surface area (Å²) in [5, 5.41) is 12.6. The van der Waals surface area contributed by atoms with Crippen molar-refractivity contribution in [2.45, 2.75) is 26.2 Å². The number of thiophene rings is 1. The molecule has 3 nitrogen and oxygen atoms in total. The number of rotatable bonds is 2. The third-order valence-electron chi connectivity index (χ3n) is 3.01. The van der Waals surface area contributed by atoms with Gasteiger partial charge in [-0.3, -0.25) is 4.79 Å². The lowest BCUT2D eigenvalue weighted by atomic mass is 9.87. The zero-order valence-electron chi connectivity index (χ0n) is 11.8. The predicted molar refractivity (Wildman–Crippen MR) is 89.1 cm³/mol. The van der Waals surface area contributed by atoms with Gasteiger partial charge >= 0.3 is 0 Å². The number of nitrogens with one attached hydrogen (secondary N) is 1. The van der Waals surface area contributed by atoms with Crippen LogP contribution in [0, 0.1) is 0 Å². The van der Waals surface area contributed by atoms with Crippen molar-refractivity contribution in [3.8, 4) is 5.75 Å². The first-order valence-corrected chi connectivity index (χ1v) is 7.85. The van der Waals surface area contributed by atoms with Crippen LogP contribution in [0.2, 0.25) is 8.67 Å². The van der Waals surface area contributed by atoms with E-state index < -0.39 is 5.91 Å². The maximum Gasteiger partial charge on any atom is 0.258 e. The molecule has 2 N–H and O–H groups in total. The van der Waals surface area contributed by atoms with E-state index in [1.54, 1.807) is 12.1 Å². The van der Waals surface area contributed by atoms with E-state index in [-0.39, 0.29) is 11.2 Å². The number of aromatic hydroxyl groups is 1. The van der Waals surface area contributed by atoms with Gasteiger partial charge in [0.05, 0.1) is 15.6 Å². The highest BCUT2D eigenvalue weighted by Gasteiger charge is 2.19. The normalized spacial score (nSPS) is 11.5.